The zero-order valence-electron chi connectivity index (χ0n) is 11.4. The minimum atomic E-state index is -4.42. The van der Waals surface area contributed by atoms with E-state index in [1.54, 1.807) is 30.3 Å². The Bertz CT molecular complexity index is 672. The van der Waals surface area contributed by atoms with Gasteiger partial charge in [0.05, 0.1) is 0 Å². The monoisotopic (exact) mass is 337 g/mol. The summed E-state index contributed by atoms with van der Waals surface area (Å²) < 4.78 is 93.3. The third-order valence-corrected chi connectivity index (χ3v) is 3.13. The lowest BCUT2D eigenvalue weighted by Gasteiger charge is -2.20. The van der Waals surface area contributed by atoms with Gasteiger partial charge in [0.2, 0.25) is 5.82 Å². The Morgan fingerprint density at radius 1 is 0.739 bits per heavy atom. The van der Waals surface area contributed by atoms with Crippen LogP contribution >= 0.6 is 0 Å². The molecule has 0 atom stereocenters. The highest BCUT2D eigenvalue weighted by atomic mass is 19.3. The van der Waals surface area contributed by atoms with Crippen LogP contribution in [0.2, 0.25) is 0 Å². The summed E-state index contributed by atoms with van der Waals surface area (Å²) in [6.07, 6.45) is 0.0752. The molecule has 124 valence electrons. The van der Waals surface area contributed by atoms with E-state index in [9.17, 15) is 30.7 Å². The number of rotatable bonds is 5. The lowest BCUT2D eigenvalue weighted by atomic mass is 10.1. The molecule has 0 fully saturated rings. The van der Waals surface area contributed by atoms with E-state index in [0.717, 1.165) is 0 Å². The predicted molar refractivity (Wildman–Crippen MR) is 68.3 cm³/mol. The quantitative estimate of drug-likeness (QED) is 0.372. The molecule has 0 saturated carbocycles. The molecule has 0 amide bonds. The van der Waals surface area contributed by atoms with E-state index in [2.05, 4.69) is 0 Å². The third-order valence-electron chi connectivity index (χ3n) is 3.13. The van der Waals surface area contributed by atoms with Crippen molar-refractivity contribution in [1.82, 2.24) is 5.32 Å². The maximum Gasteiger partial charge on any atom is 0.335 e. The number of hydrogen-bond donors (Lipinski definition) is 1. The Hall–Kier alpha value is -2.09. The molecule has 1 nitrogen and oxygen atoms in total. The molecule has 2 rings (SSSR count). The average molecular weight is 337 g/mol. The van der Waals surface area contributed by atoms with E-state index < -0.39 is 47.2 Å². The highest BCUT2D eigenvalue weighted by Gasteiger charge is 2.41. The van der Waals surface area contributed by atoms with E-state index in [1.807, 2.05) is 0 Å². The van der Waals surface area contributed by atoms with Crippen LogP contribution in [0.3, 0.4) is 0 Å². The average Bonchev–Trinajstić information content (AvgIpc) is 2.52. The SMILES string of the molecule is Fc1c(F)c(F)c(C(F)(F)NCCc2ccccc2)c(F)c1F. The fourth-order valence-corrected chi connectivity index (χ4v) is 1.98. The fourth-order valence-electron chi connectivity index (χ4n) is 1.98. The highest BCUT2D eigenvalue weighted by Crippen LogP contribution is 2.33. The molecule has 1 N–H and O–H groups in total. The summed E-state index contributed by atoms with van der Waals surface area (Å²) >= 11 is 0. The van der Waals surface area contributed by atoms with Crippen LogP contribution in [0, 0.1) is 29.1 Å². The highest BCUT2D eigenvalue weighted by molar-refractivity contribution is 5.27. The maximum absolute atomic E-state index is 13.8. The van der Waals surface area contributed by atoms with Gasteiger partial charge in [0.1, 0.15) is 5.56 Å². The number of hydrogen-bond acceptors (Lipinski definition) is 1. The summed E-state index contributed by atoms with van der Waals surface area (Å²) in [5, 5.41) is 1.51. The van der Waals surface area contributed by atoms with Gasteiger partial charge in [-0.2, -0.15) is 8.78 Å². The minimum Gasteiger partial charge on any atom is -0.254 e. The molecule has 0 aliphatic rings. The van der Waals surface area contributed by atoms with Gasteiger partial charge >= 0.3 is 6.05 Å². The van der Waals surface area contributed by atoms with Crippen LogP contribution in [0.5, 0.6) is 0 Å². The van der Waals surface area contributed by atoms with Crippen LogP contribution in [0.4, 0.5) is 30.7 Å². The molecule has 23 heavy (non-hydrogen) atoms. The Morgan fingerprint density at radius 3 is 1.74 bits per heavy atom. The number of halogens is 7. The molecule has 0 spiro atoms. The van der Waals surface area contributed by atoms with Crippen molar-refractivity contribution in [2.75, 3.05) is 6.54 Å². The molecular formula is C15H10F7N. The van der Waals surface area contributed by atoms with Gasteiger partial charge in [-0.15, -0.1) is 0 Å². The van der Waals surface area contributed by atoms with Gasteiger partial charge in [-0.1, -0.05) is 30.3 Å². The molecule has 0 aromatic heterocycles. The molecular weight excluding hydrogens is 327 g/mol. The van der Waals surface area contributed by atoms with Gasteiger partial charge in [0, 0.05) is 6.54 Å². The van der Waals surface area contributed by atoms with E-state index in [4.69, 9.17) is 0 Å². The van der Waals surface area contributed by atoms with Gasteiger partial charge in [0.15, 0.2) is 23.3 Å². The number of benzene rings is 2. The summed E-state index contributed by atoms with van der Waals surface area (Å²) in [4.78, 5) is 0. The first-order valence-corrected chi connectivity index (χ1v) is 6.44. The molecule has 2 aromatic rings. The van der Waals surface area contributed by atoms with Crippen molar-refractivity contribution in [3.8, 4) is 0 Å². The first-order chi connectivity index (χ1) is 10.8. The summed E-state index contributed by atoms with van der Waals surface area (Å²) in [7, 11) is 0. The normalized spacial score (nSPS) is 11.8. The lowest BCUT2D eigenvalue weighted by molar-refractivity contribution is -0.0483. The largest absolute Gasteiger partial charge is 0.335 e. The van der Waals surface area contributed by atoms with Crippen LogP contribution < -0.4 is 5.32 Å². The van der Waals surface area contributed by atoms with Gasteiger partial charge in [-0.25, -0.2) is 22.0 Å². The van der Waals surface area contributed by atoms with E-state index in [1.165, 1.54) is 5.32 Å². The molecule has 0 unspecified atom stereocenters. The number of alkyl halides is 2. The van der Waals surface area contributed by atoms with Crippen molar-refractivity contribution >= 4 is 0 Å². The van der Waals surface area contributed by atoms with Crippen LogP contribution in [0.1, 0.15) is 11.1 Å². The summed E-state index contributed by atoms with van der Waals surface area (Å²) in [5.74, 6) is -12.4. The van der Waals surface area contributed by atoms with Crippen molar-refractivity contribution in [2.45, 2.75) is 12.5 Å². The number of nitrogens with one attached hydrogen (secondary N) is 1. The first-order valence-electron chi connectivity index (χ1n) is 6.44. The molecule has 2 aromatic carbocycles. The standard InChI is InChI=1S/C15H10F7N/c16-10-9(11(17)13(19)14(20)12(10)18)15(21,22)23-7-6-8-4-2-1-3-5-8/h1-5,23H,6-7H2. The first kappa shape index (κ1) is 17.3. The summed E-state index contributed by atoms with van der Waals surface area (Å²) in [5.41, 5.74) is -1.53. The molecule has 8 heteroatoms. The van der Waals surface area contributed by atoms with Gasteiger partial charge in [0.25, 0.3) is 0 Å². The maximum atomic E-state index is 13.8. The van der Waals surface area contributed by atoms with E-state index >= 15 is 0 Å². The van der Waals surface area contributed by atoms with Gasteiger partial charge in [-0.3, -0.25) is 5.32 Å². The Morgan fingerprint density at radius 2 is 1.22 bits per heavy atom. The fraction of sp³-hybridized carbons (Fsp3) is 0.200. The Labute approximate surface area is 126 Å². The van der Waals surface area contributed by atoms with Gasteiger partial charge in [-0.05, 0) is 12.0 Å². The van der Waals surface area contributed by atoms with Crippen LogP contribution in [0.25, 0.3) is 0 Å². The molecule has 0 bridgehead atoms. The van der Waals surface area contributed by atoms with Crippen LogP contribution in [-0.4, -0.2) is 6.54 Å². The second kappa shape index (κ2) is 6.57. The zero-order chi connectivity index (χ0) is 17.2. The zero-order valence-corrected chi connectivity index (χ0v) is 11.4. The Kier molecular flexibility index (Phi) is 4.93. The minimum absolute atomic E-state index is 0.0752. The third kappa shape index (κ3) is 3.47. The van der Waals surface area contributed by atoms with Crippen molar-refractivity contribution in [3.05, 3.63) is 70.5 Å². The predicted octanol–water partition coefficient (Wildman–Crippen LogP) is 4.26. The van der Waals surface area contributed by atoms with Crippen LogP contribution in [0.15, 0.2) is 30.3 Å². The molecule has 0 aliphatic heterocycles. The van der Waals surface area contributed by atoms with Crippen molar-refractivity contribution < 1.29 is 30.7 Å². The summed E-state index contributed by atoms with van der Waals surface area (Å²) in [6, 6.07) is 3.89. The molecule has 0 radical (unpaired) electrons. The molecule has 0 heterocycles. The second-order valence-electron chi connectivity index (χ2n) is 4.68. The van der Waals surface area contributed by atoms with Crippen molar-refractivity contribution in [2.24, 2.45) is 0 Å². The van der Waals surface area contributed by atoms with E-state index in [0.29, 0.717) is 5.56 Å². The molecule has 0 saturated heterocycles. The summed E-state index contributed by atoms with van der Waals surface area (Å²) in [6.45, 7) is -0.434. The van der Waals surface area contributed by atoms with Crippen LogP contribution in [-0.2, 0) is 12.5 Å². The smallest absolute Gasteiger partial charge is 0.254 e. The topological polar surface area (TPSA) is 12.0 Å². The van der Waals surface area contributed by atoms with Crippen molar-refractivity contribution in [3.63, 3.8) is 0 Å². The second-order valence-corrected chi connectivity index (χ2v) is 4.68. The Balaban J connectivity index is 2.23. The van der Waals surface area contributed by atoms with Crippen molar-refractivity contribution in [1.29, 1.82) is 0 Å². The van der Waals surface area contributed by atoms with E-state index in [-0.39, 0.29) is 6.42 Å². The lowest BCUT2D eigenvalue weighted by Crippen LogP contribution is -2.37. The van der Waals surface area contributed by atoms with Gasteiger partial charge < -0.3 is 0 Å². The molecule has 0 aliphatic carbocycles.